The average molecular weight is 227 g/mol. The smallest absolute Gasteiger partial charge is 0.0623 e. The summed E-state index contributed by atoms with van der Waals surface area (Å²) in [6, 6.07) is 0.542. The number of rotatable bonds is 6. The molecule has 2 nitrogen and oxygen atoms in total. The molecule has 1 N–H and O–H groups in total. The van der Waals surface area contributed by atoms with E-state index in [0.29, 0.717) is 17.6 Å². The zero-order valence-corrected chi connectivity index (χ0v) is 11.5. The Labute approximate surface area is 101 Å². The third-order valence-electron chi connectivity index (χ3n) is 3.80. The minimum Gasteiger partial charge on any atom is -0.377 e. The van der Waals surface area contributed by atoms with Crippen LogP contribution < -0.4 is 5.32 Å². The zero-order valence-electron chi connectivity index (χ0n) is 11.5. The molecule has 1 saturated carbocycles. The summed E-state index contributed by atoms with van der Waals surface area (Å²) in [7, 11) is 0. The van der Waals surface area contributed by atoms with E-state index in [9.17, 15) is 0 Å². The standard InChI is InChI=1S/C14H29NO/c1-5-12(15-6-2)11-16-13-7-9-14(3,4)10-8-13/h12-13,15H,5-11H2,1-4H3. The van der Waals surface area contributed by atoms with E-state index in [2.05, 4.69) is 33.0 Å². The summed E-state index contributed by atoms with van der Waals surface area (Å²) in [6.07, 6.45) is 6.79. The molecule has 0 radical (unpaired) electrons. The maximum atomic E-state index is 6.02. The molecule has 0 aromatic carbocycles. The summed E-state index contributed by atoms with van der Waals surface area (Å²) >= 11 is 0. The van der Waals surface area contributed by atoms with Gasteiger partial charge in [0.05, 0.1) is 12.7 Å². The van der Waals surface area contributed by atoms with Gasteiger partial charge in [-0.3, -0.25) is 0 Å². The van der Waals surface area contributed by atoms with Crippen molar-refractivity contribution in [1.29, 1.82) is 0 Å². The van der Waals surface area contributed by atoms with Crippen LogP contribution in [0.5, 0.6) is 0 Å². The fourth-order valence-corrected chi connectivity index (χ4v) is 2.40. The van der Waals surface area contributed by atoms with Crippen molar-refractivity contribution < 1.29 is 4.74 Å². The summed E-state index contributed by atoms with van der Waals surface area (Å²) < 4.78 is 6.02. The molecule has 96 valence electrons. The van der Waals surface area contributed by atoms with Crippen LogP contribution in [0.15, 0.2) is 0 Å². The minimum absolute atomic E-state index is 0.515. The first kappa shape index (κ1) is 14.0. The molecule has 1 rings (SSSR count). The lowest BCUT2D eigenvalue weighted by molar-refractivity contribution is -0.00568. The van der Waals surface area contributed by atoms with Gasteiger partial charge in [0.25, 0.3) is 0 Å². The second kappa shape index (κ2) is 6.61. The monoisotopic (exact) mass is 227 g/mol. The van der Waals surface area contributed by atoms with Crippen LogP contribution in [0.25, 0.3) is 0 Å². The molecule has 0 spiro atoms. The van der Waals surface area contributed by atoms with Gasteiger partial charge in [0, 0.05) is 6.04 Å². The molecular formula is C14H29NO. The second-order valence-electron chi connectivity index (χ2n) is 5.86. The van der Waals surface area contributed by atoms with Crippen LogP contribution >= 0.6 is 0 Å². The third kappa shape index (κ3) is 4.84. The van der Waals surface area contributed by atoms with E-state index in [4.69, 9.17) is 4.74 Å². The Bertz CT molecular complexity index is 181. The molecule has 0 heterocycles. The van der Waals surface area contributed by atoms with Gasteiger partial charge in [0.2, 0.25) is 0 Å². The molecule has 0 saturated heterocycles. The quantitative estimate of drug-likeness (QED) is 0.751. The van der Waals surface area contributed by atoms with Crippen LogP contribution in [0.2, 0.25) is 0 Å². The number of hydrogen-bond donors (Lipinski definition) is 1. The number of ether oxygens (including phenoxy) is 1. The average Bonchev–Trinajstić information content (AvgIpc) is 2.26. The topological polar surface area (TPSA) is 21.3 Å². The molecule has 0 aliphatic heterocycles. The molecule has 1 unspecified atom stereocenters. The number of nitrogens with one attached hydrogen (secondary N) is 1. The molecule has 1 atom stereocenters. The molecule has 1 aliphatic rings. The molecule has 0 amide bonds. The Hall–Kier alpha value is -0.0800. The first-order chi connectivity index (χ1) is 7.57. The highest BCUT2D eigenvalue weighted by atomic mass is 16.5. The van der Waals surface area contributed by atoms with E-state index in [1.165, 1.54) is 25.7 Å². The van der Waals surface area contributed by atoms with Crippen molar-refractivity contribution in [2.75, 3.05) is 13.2 Å². The van der Waals surface area contributed by atoms with Crippen molar-refractivity contribution >= 4 is 0 Å². The predicted octanol–water partition coefficient (Wildman–Crippen LogP) is 3.36. The maximum Gasteiger partial charge on any atom is 0.0623 e. The highest BCUT2D eigenvalue weighted by molar-refractivity contribution is 4.79. The predicted molar refractivity (Wildman–Crippen MR) is 69.7 cm³/mol. The van der Waals surface area contributed by atoms with Gasteiger partial charge in [-0.2, -0.15) is 0 Å². The van der Waals surface area contributed by atoms with Gasteiger partial charge in [-0.05, 0) is 44.1 Å². The largest absolute Gasteiger partial charge is 0.377 e. The van der Waals surface area contributed by atoms with Crippen LogP contribution in [0, 0.1) is 5.41 Å². The highest BCUT2D eigenvalue weighted by Gasteiger charge is 2.27. The Kier molecular flexibility index (Phi) is 5.77. The van der Waals surface area contributed by atoms with E-state index in [1.54, 1.807) is 0 Å². The van der Waals surface area contributed by atoms with Crippen LogP contribution in [-0.2, 0) is 4.74 Å². The van der Waals surface area contributed by atoms with E-state index in [1.807, 2.05) is 0 Å². The van der Waals surface area contributed by atoms with Crippen LogP contribution in [0.4, 0.5) is 0 Å². The molecule has 1 aliphatic carbocycles. The zero-order chi connectivity index (χ0) is 12.0. The first-order valence-corrected chi connectivity index (χ1v) is 6.92. The van der Waals surface area contributed by atoms with Gasteiger partial charge in [0.1, 0.15) is 0 Å². The van der Waals surface area contributed by atoms with Crippen molar-refractivity contribution in [3.8, 4) is 0 Å². The first-order valence-electron chi connectivity index (χ1n) is 6.92. The Morgan fingerprint density at radius 3 is 2.38 bits per heavy atom. The molecular weight excluding hydrogens is 198 g/mol. The number of likely N-dealkylation sites (N-methyl/N-ethyl adjacent to an activating group) is 1. The Balaban J connectivity index is 2.18. The second-order valence-corrected chi connectivity index (χ2v) is 5.86. The molecule has 0 aromatic heterocycles. The normalized spacial score (nSPS) is 23.2. The van der Waals surface area contributed by atoms with E-state index < -0.39 is 0 Å². The molecule has 2 heteroatoms. The van der Waals surface area contributed by atoms with Crippen molar-refractivity contribution in [2.24, 2.45) is 5.41 Å². The fourth-order valence-electron chi connectivity index (χ4n) is 2.40. The van der Waals surface area contributed by atoms with E-state index in [0.717, 1.165) is 19.6 Å². The van der Waals surface area contributed by atoms with Crippen molar-refractivity contribution in [3.63, 3.8) is 0 Å². The summed E-state index contributed by atoms with van der Waals surface area (Å²) in [5.41, 5.74) is 0.547. The van der Waals surface area contributed by atoms with Gasteiger partial charge in [0.15, 0.2) is 0 Å². The fraction of sp³-hybridized carbons (Fsp3) is 1.00. The van der Waals surface area contributed by atoms with Crippen LogP contribution in [0.1, 0.15) is 59.8 Å². The van der Waals surface area contributed by atoms with Crippen LogP contribution in [-0.4, -0.2) is 25.3 Å². The lowest BCUT2D eigenvalue weighted by atomic mass is 9.76. The molecule has 1 fully saturated rings. The Morgan fingerprint density at radius 2 is 1.88 bits per heavy atom. The number of hydrogen-bond acceptors (Lipinski definition) is 2. The maximum absolute atomic E-state index is 6.02. The van der Waals surface area contributed by atoms with E-state index >= 15 is 0 Å². The molecule has 16 heavy (non-hydrogen) atoms. The molecule has 0 aromatic rings. The summed E-state index contributed by atoms with van der Waals surface area (Å²) in [5, 5.41) is 3.46. The van der Waals surface area contributed by atoms with Crippen molar-refractivity contribution in [3.05, 3.63) is 0 Å². The van der Waals surface area contributed by atoms with Crippen molar-refractivity contribution in [2.45, 2.75) is 71.9 Å². The molecule has 0 bridgehead atoms. The summed E-state index contributed by atoms with van der Waals surface area (Å²) in [6.45, 7) is 11.1. The highest BCUT2D eigenvalue weighted by Crippen LogP contribution is 2.36. The lowest BCUT2D eigenvalue weighted by Gasteiger charge is -2.34. The Morgan fingerprint density at radius 1 is 1.25 bits per heavy atom. The van der Waals surface area contributed by atoms with E-state index in [-0.39, 0.29) is 0 Å². The van der Waals surface area contributed by atoms with Gasteiger partial charge in [-0.15, -0.1) is 0 Å². The van der Waals surface area contributed by atoms with Gasteiger partial charge >= 0.3 is 0 Å². The summed E-state index contributed by atoms with van der Waals surface area (Å²) in [4.78, 5) is 0. The van der Waals surface area contributed by atoms with Gasteiger partial charge in [-0.1, -0.05) is 27.7 Å². The van der Waals surface area contributed by atoms with Crippen molar-refractivity contribution in [1.82, 2.24) is 5.32 Å². The third-order valence-corrected chi connectivity index (χ3v) is 3.80. The minimum atomic E-state index is 0.515. The SMILES string of the molecule is CCNC(CC)COC1CCC(C)(C)CC1. The van der Waals surface area contributed by atoms with Crippen LogP contribution in [0.3, 0.4) is 0 Å². The van der Waals surface area contributed by atoms with Gasteiger partial charge < -0.3 is 10.1 Å². The lowest BCUT2D eigenvalue weighted by Crippen LogP contribution is -2.35. The van der Waals surface area contributed by atoms with Gasteiger partial charge in [-0.25, -0.2) is 0 Å². The summed E-state index contributed by atoms with van der Waals surface area (Å²) in [5.74, 6) is 0.